The molecular formula is C29H43N7O3S. The van der Waals surface area contributed by atoms with Gasteiger partial charge in [-0.25, -0.2) is 15.0 Å². The zero-order valence-corrected chi connectivity index (χ0v) is 25.3. The number of ether oxygens (including phenoxy) is 2. The molecule has 3 aromatic rings. The fourth-order valence-electron chi connectivity index (χ4n) is 5.43. The number of hydrogen-bond donors (Lipinski definition) is 1. The van der Waals surface area contributed by atoms with Gasteiger partial charge in [0.25, 0.3) is 0 Å². The van der Waals surface area contributed by atoms with Crippen molar-refractivity contribution in [3.05, 3.63) is 29.7 Å². The zero-order chi connectivity index (χ0) is 28.5. The average molecular weight is 570 g/mol. The molecule has 3 aromatic heterocycles. The summed E-state index contributed by atoms with van der Waals surface area (Å²) >= 11 is 1.74. The SMILES string of the molecule is CCOC(=O)C[C@H]1CC[C@H](CN(CC)c2nc3c(cc2CNc2ncc(OCCSC)cn2)c(C)nn3C)CC1. The minimum atomic E-state index is -0.0658. The van der Waals surface area contributed by atoms with Crippen LogP contribution in [0.1, 0.15) is 57.2 Å². The molecule has 0 aromatic carbocycles. The number of carbonyl (C=O) groups is 1. The number of anilines is 2. The van der Waals surface area contributed by atoms with E-state index in [2.05, 4.69) is 44.5 Å². The van der Waals surface area contributed by atoms with Crippen LogP contribution in [0.25, 0.3) is 11.0 Å². The minimum absolute atomic E-state index is 0.0658. The standard InChI is InChI=1S/C29H43N7O3S/c1-6-36(19-22-10-8-21(9-11-22)14-26(37)38-7-2)27-23(15-25-20(3)34-35(4)28(25)33-27)16-30-29-31-17-24(18-32-29)39-12-13-40-5/h15,17-18,21-22H,6-14,16,19H2,1-5H3,(H,30,31,32)/t21-,22-. The van der Waals surface area contributed by atoms with Gasteiger partial charge in [0.05, 0.1) is 31.3 Å². The van der Waals surface area contributed by atoms with Crippen LogP contribution in [0.4, 0.5) is 11.8 Å². The number of esters is 1. The van der Waals surface area contributed by atoms with Crippen molar-refractivity contribution in [3.63, 3.8) is 0 Å². The largest absolute Gasteiger partial charge is 0.489 e. The van der Waals surface area contributed by atoms with E-state index < -0.39 is 0 Å². The molecule has 0 aliphatic heterocycles. The van der Waals surface area contributed by atoms with Gasteiger partial charge in [0, 0.05) is 49.8 Å². The Kier molecular flexibility index (Phi) is 10.9. The zero-order valence-electron chi connectivity index (χ0n) is 24.5. The number of nitrogens with one attached hydrogen (secondary N) is 1. The Morgan fingerprint density at radius 1 is 1.18 bits per heavy atom. The average Bonchev–Trinajstić information content (AvgIpc) is 3.23. The van der Waals surface area contributed by atoms with Crippen LogP contribution in [0.15, 0.2) is 18.5 Å². The molecule has 11 heteroatoms. The van der Waals surface area contributed by atoms with Gasteiger partial charge in [-0.3, -0.25) is 9.48 Å². The van der Waals surface area contributed by atoms with E-state index in [1.807, 2.05) is 25.6 Å². The second kappa shape index (κ2) is 14.5. The molecule has 0 spiro atoms. The Morgan fingerprint density at radius 2 is 1.90 bits per heavy atom. The van der Waals surface area contributed by atoms with Crippen molar-refractivity contribution < 1.29 is 14.3 Å². The third-order valence-electron chi connectivity index (χ3n) is 7.56. The first-order valence-corrected chi connectivity index (χ1v) is 15.7. The monoisotopic (exact) mass is 569 g/mol. The summed E-state index contributed by atoms with van der Waals surface area (Å²) < 4.78 is 12.7. The maximum absolute atomic E-state index is 11.9. The Morgan fingerprint density at radius 3 is 2.58 bits per heavy atom. The molecule has 0 saturated heterocycles. The van der Waals surface area contributed by atoms with Gasteiger partial charge in [0.2, 0.25) is 5.95 Å². The Hall–Kier alpha value is -3.08. The molecule has 10 nitrogen and oxygen atoms in total. The third-order valence-corrected chi connectivity index (χ3v) is 8.14. The highest BCUT2D eigenvalue weighted by Crippen LogP contribution is 2.33. The number of fused-ring (bicyclic) bond motifs is 1. The van der Waals surface area contributed by atoms with Gasteiger partial charge >= 0.3 is 5.97 Å². The number of carbonyl (C=O) groups excluding carboxylic acids is 1. The van der Waals surface area contributed by atoms with Crippen molar-refractivity contribution >= 4 is 40.5 Å². The molecule has 3 heterocycles. The number of aromatic nitrogens is 5. The minimum Gasteiger partial charge on any atom is -0.489 e. The first kappa shape index (κ1) is 29.9. The summed E-state index contributed by atoms with van der Waals surface area (Å²) in [6.07, 6.45) is 10.4. The molecule has 1 aliphatic rings. The Bertz CT molecular complexity index is 1240. The van der Waals surface area contributed by atoms with Crippen molar-refractivity contribution in [2.75, 3.05) is 48.5 Å². The van der Waals surface area contributed by atoms with Crippen molar-refractivity contribution in [3.8, 4) is 5.75 Å². The van der Waals surface area contributed by atoms with Crippen molar-refractivity contribution in [2.24, 2.45) is 18.9 Å². The lowest BCUT2D eigenvalue weighted by Crippen LogP contribution is -2.33. The molecule has 218 valence electrons. The van der Waals surface area contributed by atoms with Crippen molar-refractivity contribution in [1.82, 2.24) is 24.7 Å². The van der Waals surface area contributed by atoms with Crippen LogP contribution in [0.2, 0.25) is 0 Å². The fraction of sp³-hybridized carbons (Fsp3) is 0.621. The van der Waals surface area contributed by atoms with Gasteiger partial charge < -0.3 is 19.7 Å². The van der Waals surface area contributed by atoms with Crippen LogP contribution in [-0.2, 0) is 23.1 Å². The lowest BCUT2D eigenvalue weighted by molar-refractivity contribution is -0.144. The second-order valence-corrected chi connectivity index (χ2v) is 11.4. The van der Waals surface area contributed by atoms with E-state index in [4.69, 9.17) is 14.5 Å². The number of aryl methyl sites for hydroxylation is 2. The molecule has 0 unspecified atom stereocenters. The smallest absolute Gasteiger partial charge is 0.306 e. The summed E-state index contributed by atoms with van der Waals surface area (Å²) in [5.41, 5.74) is 2.94. The quantitative estimate of drug-likeness (QED) is 0.210. The van der Waals surface area contributed by atoms with Gasteiger partial charge in [0.15, 0.2) is 11.4 Å². The van der Waals surface area contributed by atoms with Gasteiger partial charge in [-0.05, 0) is 70.6 Å². The summed E-state index contributed by atoms with van der Waals surface area (Å²) in [7, 11) is 1.95. The summed E-state index contributed by atoms with van der Waals surface area (Å²) in [5.74, 6) is 4.04. The Balaban J connectivity index is 1.47. The van der Waals surface area contributed by atoms with Crippen LogP contribution < -0.4 is 15.0 Å². The molecule has 1 saturated carbocycles. The molecule has 0 radical (unpaired) electrons. The predicted molar refractivity (Wildman–Crippen MR) is 161 cm³/mol. The van der Waals surface area contributed by atoms with Crippen LogP contribution in [0.3, 0.4) is 0 Å². The second-order valence-electron chi connectivity index (χ2n) is 10.4. The predicted octanol–water partition coefficient (Wildman–Crippen LogP) is 5.01. The number of thioether (sulfide) groups is 1. The molecule has 0 atom stereocenters. The van der Waals surface area contributed by atoms with Gasteiger partial charge in [0.1, 0.15) is 5.82 Å². The highest BCUT2D eigenvalue weighted by molar-refractivity contribution is 7.98. The van der Waals surface area contributed by atoms with E-state index >= 15 is 0 Å². The first-order valence-electron chi connectivity index (χ1n) is 14.3. The molecule has 1 fully saturated rings. The number of hydrogen-bond acceptors (Lipinski definition) is 10. The van der Waals surface area contributed by atoms with E-state index in [9.17, 15) is 4.79 Å². The summed E-state index contributed by atoms with van der Waals surface area (Å²) in [6, 6.07) is 2.20. The van der Waals surface area contributed by atoms with E-state index in [0.29, 0.717) is 49.7 Å². The third kappa shape index (κ3) is 7.77. The summed E-state index contributed by atoms with van der Waals surface area (Å²) in [5, 5.41) is 9.05. The highest BCUT2D eigenvalue weighted by atomic mass is 32.2. The molecular weight excluding hydrogens is 526 g/mol. The molecule has 1 N–H and O–H groups in total. The topological polar surface area (TPSA) is 107 Å². The van der Waals surface area contributed by atoms with Crippen molar-refractivity contribution in [2.45, 2.75) is 59.4 Å². The lowest BCUT2D eigenvalue weighted by Gasteiger charge is -2.33. The van der Waals surface area contributed by atoms with Crippen LogP contribution in [0, 0.1) is 18.8 Å². The molecule has 40 heavy (non-hydrogen) atoms. The maximum Gasteiger partial charge on any atom is 0.306 e. The van der Waals surface area contributed by atoms with Gasteiger partial charge in [-0.1, -0.05) is 0 Å². The van der Waals surface area contributed by atoms with E-state index in [-0.39, 0.29) is 5.97 Å². The highest BCUT2D eigenvalue weighted by Gasteiger charge is 2.26. The fourth-order valence-corrected chi connectivity index (χ4v) is 5.68. The van der Waals surface area contributed by atoms with E-state index in [0.717, 1.165) is 72.6 Å². The van der Waals surface area contributed by atoms with Gasteiger partial charge in [-0.15, -0.1) is 0 Å². The first-order chi connectivity index (χ1) is 19.4. The molecule has 4 rings (SSSR count). The number of nitrogens with zero attached hydrogens (tertiary/aromatic N) is 6. The van der Waals surface area contributed by atoms with Crippen LogP contribution >= 0.6 is 11.8 Å². The molecule has 1 aliphatic carbocycles. The lowest BCUT2D eigenvalue weighted by atomic mass is 9.80. The van der Waals surface area contributed by atoms with Crippen LogP contribution in [-0.4, -0.2) is 69.0 Å². The van der Waals surface area contributed by atoms with Crippen molar-refractivity contribution in [1.29, 1.82) is 0 Å². The van der Waals surface area contributed by atoms with E-state index in [1.54, 1.807) is 24.2 Å². The normalized spacial score (nSPS) is 17.1. The number of pyridine rings is 1. The Labute approximate surface area is 241 Å². The van der Waals surface area contributed by atoms with Gasteiger partial charge in [-0.2, -0.15) is 16.9 Å². The summed E-state index contributed by atoms with van der Waals surface area (Å²) in [6.45, 7) is 9.48. The maximum atomic E-state index is 11.9. The van der Waals surface area contributed by atoms with E-state index in [1.165, 1.54) is 0 Å². The molecule has 0 bridgehead atoms. The summed E-state index contributed by atoms with van der Waals surface area (Å²) in [4.78, 5) is 28.4. The number of rotatable bonds is 14. The molecule has 0 amide bonds. The van der Waals surface area contributed by atoms with Crippen LogP contribution in [0.5, 0.6) is 5.75 Å².